The van der Waals surface area contributed by atoms with Crippen molar-refractivity contribution in [1.82, 2.24) is 4.57 Å². The van der Waals surface area contributed by atoms with Gasteiger partial charge in [-0.05, 0) is 30.3 Å². The number of amides is 2. The number of benzene rings is 2. The van der Waals surface area contributed by atoms with Crippen LogP contribution in [-0.2, 0) is 7.05 Å². The Morgan fingerprint density at radius 2 is 1.68 bits per heavy atom. The number of hydrogen-bond donors (Lipinski definition) is 2. The summed E-state index contributed by atoms with van der Waals surface area (Å²) >= 11 is 3.53. The van der Waals surface area contributed by atoms with Crippen LogP contribution in [0.1, 0.15) is 20.8 Å². The highest BCUT2D eigenvalue weighted by Gasteiger charge is 2.17. The molecule has 5 nitrogen and oxygen atoms in total. The first-order chi connectivity index (χ1) is 12.0. The van der Waals surface area contributed by atoms with Gasteiger partial charge in [-0.1, -0.05) is 46.3 Å². The summed E-state index contributed by atoms with van der Waals surface area (Å²) in [6, 6.07) is 18.1. The number of nitrogens with two attached hydrogens (primary N) is 1. The first-order valence-electron chi connectivity index (χ1n) is 7.60. The third-order valence-corrected chi connectivity index (χ3v) is 4.64. The van der Waals surface area contributed by atoms with Gasteiger partial charge in [-0.2, -0.15) is 0 Å². The van der Waals surface area contributed by atoms with E-state index in [1.807, 2.05) is 41.9 Å². The molecule has 0 unspecified atom stereocenters. The molecule has 0 atom stereocenters. The molecule has 1 heterocycles. The van der Waals surface area contributed by atoms with E-state index in [1.165, 1.54) is 0 Å². The standard InChI is InChI=1S/C19H16BrN3O2/c1-23-16(12-6-2-4-8-14(12)20)10-11-17(23)19(25)22-15-9-5-3-7-13(15)18(21)24/h2-11H,1H3,(H2,21,24)(H,22,25). The van der Waals surface area contributed by atoms with Crippen LogP contribution in [0.4, 0.5) is 5.69 Å². The van der Waals surface area contributed by atoms with Gasteiger partial charge >= 0.3 is 0 Å². The molecule has 0 fully saturated rings. The molecule has 2 amide bonds. The van der Waals surface area contributed by atoms with E-state index in [0.29, 0.717) is 11.4 Å². The van der Waals surface area contributed by atoms with Gasteiger partial charge < -0.3 is 15.6 Å². The van der Waals surface area contributed by atoms with Crippen LogP contribution in [0.25, 0.3) is 11.3 Å². The first kappa shape index (κ1) is 17.0. The van der Waals surface area contributed by atoms with Gasteiger partial charge in [-0.25, -0.2) is 0 Å². The van der Waals surface area contributed by atoms with Crippen molar-refractivity contribution in [3.63, 3.8) is 0 Å². The van der Waals surface area contributed by atoms with Gasteiger partial charge in [0.2, 0.25) is 0 Å². The fourth-order valence-electron chi connectivity index (χ4n) is 2.67. The highest BCUT2D eigenvalue weighted by atomic mass is 79.9. The Morgan fingerprint density at radius 3 is 2.40 bits per heavy atom. The van der Waals surface area contributed by atoms with Gasteiger partial charge in [0.15, 0.2) is 0 Å². The van der Waals surface area contributed by atoms with E-state index in [-0.39, 0.29) is 11.5 Å². The second kappa shape index (κ2) is 6.94. The zero-order chi connectivity index (χ0) is 18.0. The Morgan fingerprint density at radius 1 is 1.00 bits per heavy atom. The normalized spacial score (nSPS) is 10.5. The molecule has 2 aromatic carbocycles. The number of halogens is 1. The summed E-state index contributed by atoms with van der Waals surface area (Å²) in [4.78, 5) is 24.1. The van der Waals surface area contributed by atoms with Crippen molar-refractivity contribution in [2.75, 3.05) is 5.32 Å². The van der Waals surface area contributed by atoms with Gasteiger partial charge in [0.1, 0.15) is 5.69 Å². The zero-order valence-electron chi connectivity index (χ0n) is 13.5. The lowest BCUT2D eigenvalue weighted by Crippen LogP contribution is -2.20. The van der Waals surface area contributed by atoms with Crippen molar-refractivity contribution in [2.24, 2.45) is 12.8 Å². The number of primary amides is 1. The summed E-state index contributed by atoms with van der Waals surface area (Å²) in [7, 11) is 1.82. The lowest BCUT2D eigenvalue weighted by Gasteiger charge is -2.11. The maximum Gasteiger partial charge on any atom is 0.272 e. The van der Waals surface area contributed by atoms with Crippen molar-refractivity contribution in [2.45, 2.75) is 0 Å². The van der Waals surface area contributed by atoms with Crippen molar-refractivity contribution in [3.8, 4) is 11.3 Å². The third kappa shape index (κ3) is 3.34. The van der Waals surface area contributed by atoms with E-state index in [2.05, 4.69) is 21.2 Å². The van der Waals surface area contributed by atoms with Gasteiger partial charge in [0.25, 0.3) is 11.8 Å². The van der Waals surface area contributed by atoms with E-state index in [4.69, 9.17) is 5.73 Å². The number of hydrogen-bond acceptors (Lipinski definition) is 2. The summed E-state index contributed by atoms with van der Waals surface area (Å²) in [5, 5.41) is 2.76. The van der Waals surface area contributed by atoms with Crippen LogP contribution < -0.4 is 11.1 Å². The summed E-state index contributed by atoms with van der Waals surface area (Å²) in [6.45, 7) is 0. The highest BCUT2D eigenvalue weighted by molar-refractivity contribution is 9.10. The van der Waals surface area contributed by atoms with Crippen molar-refractivity contribution >= 4 is 33.4 Å². The number of rotatable bonds is 4. The predicted molar refractivity (Wildman–Crippen MR) is 101 cm³/mol. The molecule has 0 aliphatic heterocycles. The number of aromatic nitrogens is 1. The summed E-state index contributed by atoms with van der Waals surface area (Å²) in [5.41, 5.74) is 8.39. The van der Waals surface area contributed by atoms with Crippen molar-refractivity contribution < 1.29 is 9.59 Å². The number of para-hydroxylation sites is 1. The molecule has 6 heteroatoms. The zero-order valence-corrected chi connectivity index (χ0v) is 15.1. The largest absolute Gasteiger partial charge is 0.366 e. The van der Waals surface area contributed by atoms with Crippen molar-refractivity contribution in [3.05, 3.63) is 76.4 Å². The van der Waals surface area contributed by atoms with Crippen LogP contribution in [0.15, 0.2) is 65.1 Å². The number of carbonyl (C=O) groups excluding carboxylic acids is 2. The van der Waals surface area contributed by atoms with Gasteiger partial charge in [-0.15, -0.1) is 0 Å². The number of anilines is 1. The monoisotopic (exact) mass is 397 g/mol. The molecule has 0 bridgehead atoms. The Hall–Kier alpha value is -2.86. The second-order valence-electron chi connectivity index (χ2n) is 5.51. The molecule has 25 heavy (non-hydrogen) atoms. The predicted octanol–water partition coefficient (Wildman–Crippen LogP) is 3.81. The van der Waals surface area contributed by atoms with Crippen LogP contribution in [0, 0.1) is 0 Å². The molecule has 0 saturated carbocycles. The maximum absolute atomic E-state index is 12.6. The van der Waals surface area contributed by atoms with E-state index in [1.54, 1.807) is 30.3 Å². The van der Waals surface area contributed by atoms with E-state index in [0.717, 1.165) is 15.7 Å². The van der Waals surface area contributed by atoms with Crippen LogP contribution in [0.2, 0.25) is 0 Å². The van der Waals surface area contributed by atoms with Crippen LogP contribution in [0.3, 0.4) is 0 Å². The molecule has 0 spiro atoms. The number of carbonyl (C=O) groups is 2. The fraction of sp³-hybridized carbons (Fsp3) is 0.0526. The number of nitrogens with zero attached hydrogens (tertiary/aromatic N) is 1. The molecule has 3 rings (SSSR count). The van der Waals surface area contributed by atoms with Crippen LogP contribution in [0.5, 0.6) is 0 Å². The lowest BCUT2D eigenvalue weighted by molar-refractivity contribution is 0.100. The molecule has 126 valence electrons. The summed E-state index contributed by atoms with van der Waals surface area (Å²) in [6.07, 6.45) is 0. The molecule has 0 aliphatic carbocycles. The minimum absolute atomic E-state index is 0.274. The molecular formula is C19H16BrN3O2. The summed E-state index contributed by atoms with van der Waals surface area (Å²) < 4.78 is 2.75. The molecule has 3 N–H and O–H groups in total. The second-order valence-corrected chi connectivity index (χ2v) is 6.36. The Labute approximate surface area is 153 Å². The SMILES string of the molecule is Cn1c(C(=O)Nc2ccccc2C(N)=O)ccc1-c1ccccc1Br. The average molecular weight is 398 g/mol. The molecule has 3 aromatic rings. The molecule has 1 aromatic heterocycles. The Kier molecular flexibility index (Phi) is 4.72. The van der Waals surface area contributed by atoms with Crippen LogP contribution >= 0.6 is 15.9 Å². The minimum atomic E-state index is -0.586. The van der Waals surface area contributed by atoms with Gasteiger partial charge in [-0.3, -0.25) is 9.59 Å². The van der Waals surface area contributed by atoms with E-state index < -0.39 is 5.91 Å². The number of nitrogens with one attached hydrogen (secondary N) is 1. The smallest absolute Gasteiger partial charge is 0.272 e. The Bertz CT molecular complexity index is 963. The molecule has 0 aliphatic rings. The highest BCUT2D eigenvalue weighted by Crippen LogP contribution is 2.29. The average Bonchev–Trinajstić information content (AvgIpc) is 2.97. The lowest BCUT2D eigenvalue weighted by atomic mass is 10.1. The topological polar surface area (TPSA) is 77.1 Å². The van der Waals surface area contributed by atoms with Crippen molar-refractivity contribution in [1.29, 1.82) is 0 Å². The van der Waals surface area contributed by atoms with Gasteiger partial charge in [0, 0.05) is 22.8 Å². The van der Waals surface area contributed by atoms with E-state index >= 15 is 0 Å². The third-order valence-electron chi connectivity index (χ3n) is 3.94. The minimum Gasteiger partial charge on any atom is -0.366 e. The first-order valence-corrected chi connectivity index (χ1v) is 8.39. The van der Waals surface area contributed by atoms with Crippen LogP contribution in [-0.4, -0.2) is 16.4 Å². The summed E-state index contributed by atoms with van der Waals surface area (Å²) in [5.74, 6) is -0.897. The molecule has 0 radical (unpaired) electrons. The Balaban J connectivity index is 1.93. The van der Waals surface area contributed by atoms with E-state index in [9.17, 15) is 9.59 Å². The maximum atomic E-state index is 12.6. The fourth-order valence-corrected chi connectivity index (χ4v) is 3.16. The molecule has 0 saturated heterocycles. The molecular weight excluding hydrogens is 382 g/mol. The van der Waals surface area contributed by atoms with Gasteiger partial charge in [0.05, 0.1) is 11.3 Å². The quantitative estimate of drug-likeness (QED) is 0.701.